The Labute approximate surface area is 61.1 Å². The number of halogens is 3. The van der Waals surface area contributed by atoms with E-state index in [1.165, 1.54) is 0 Å². The van der Waals surface area contributed by atoms with E-state index in [1.807, 2.05) is 0 Å². The van der Waals surface area contributed by atoms with Crippen LogP contribution in [0.25, 0.3) is 0 Å². The minimum absolute atomic E-state index is 0.0833. The molecular weight excluding hydrogens is 170 g/mol. The van der Waals surface area contributed by atoms with Gasteiger partial charge in [-0.3, -0.25) is 0 Å². The second kappa shape index (κ2) is 2.13. The summed E-state index contributed by atoms with van der Waals surface area (Å²) in [4.78, 5) is 3.50. The average molecular weight is 170 g/mol. The number of hydrogen-bond acceptors (Lipinski definition) is 1. The highest BCUT2D eigenvalue weighted by Crippen LogP contribution is 2.19. The van der Waals surface area contributed by atoms with Crippen molar-refractivity contribution in [1.29, 1.82) is 0 Å². The van der Waals surface area contributed by atoms with E-state index in [9.17, 15) is 0 Å². The van der Waals surface area contributed by atoms with Gasteiger partial charge in [0.1, 0.15) is 0 Å². The highest BCUT2D eigenvalue weighted by atomic mass is 35.5. The van der Waals surface area contributed by atoms with E-state index in [4.69, 9.17) is 34.8 Å². The van der Waals surface area contributed by atoms with Gasteiger partial charge in [-0.15, -0.1) is 0 Å². The van der Waals surface area contributed by atoms with Crippen molar-refractivity contribution in [3.05, 3.63) is 10.3 Å². The normalized spacial score (nSPS) is 18.6. The number of rotatable bonds is 0. The summed E-state index contributed by atoms with van der Waals surface area (Å²) in [5, 5.41) is 3.88. The van der Waals surface area contributed by atoms with Gasteiger partial charge in [0.15, 0.2) is 10.3 Å². The molecule has 0 spiro atoms. The van der Waals surface area contributed by atoms with Gasteiger partial charge in [0.2, 0.25) is 5.29 Å². The first-order valence-electron chi connectivity index (χ1n) is 1.71. The van der Waals surface area contributed by atoms with Crippen LogP contribution in [0, 0.1) is 0 Å². The van der Waals surface area contributed by atoms with Gasteiger partial charge in [-0.2, -0.15) is 0 Å². The monoisotopic (exact) mass is 169 g/mol. The van der Waals surface area contributed by atoms with Crippen LogP contribution in [-0.2, 0) is 0 Å². The molecule has 5 heteroatoms. The van der Waals surface area contributed by atoms with E-state index >= 15 is 0 Å². The van der Waals surface area contributed by atoms with Crippen LogP contribution < -0.4 is 5.32 Å². The lowest BCUT2D eigenvalue weighted by Gasteiger charge is -1.82. The molecule has 1 radical (unpaired) electrons. The van der Waals surface area contributed by atoms with Gasteiger partial charge in [-0.05, 0) is 11.6 Å². The van der Waals surface area contributed by atoms with Crippen LogP contribution in [0.2, 0.25) is 0 Å². The first-order valence-corrected chi connectivity index (χ1v) is 2.85. The lowest BCUT2D eigenvalue weighted by molar-refractivity contribution is 1.28. The Morgan fingerprint density at radius 1 is 1.00 bits per heavy atom. The largest absolute Gasteiger partial charge is 0.225 e. The second-order valence-corrected chi connectivity index (χ2v) is 2.13. The van der Waals surface area contributed by atoms with Crippen molar-refractivity contribution in [2.24, 2.45) is 4.99 Å². The smallest absolute Gasteiger partial charge is 0.203 e. The molecule has 0 saturated heterocycles. The van der Waals surface area contributed by atoms with Crippen molar-refractivity contribution in [3.8, 4) is 0 Å². The predicted molar refractivity (Wildman–Crippen MR) is 34.2 cm³/mol. The van der Waals surface area contributed by atoms with Gasteiger partial charge >= 0.3 is 0 Å². The Kier molecular flexibility index (Phi) is 1.65. The van der Waals surface area contributed by atoms with Gasteiger partial charge in [0.25, 0.3) is 0 Å². The van der Waals surface area contributed by atoms with E-state index in [0.717, 1.165) is 0 Å². The Morgan fingerprint density at radius 3 is 1.75 bits per heavy atom. The van der Waals surface area contributed by atoms with Crippen LogP contribution in [-0.4, -0.2) is 5.29 Å². The fourth-order valence-corrected chi connectivity index (χ4v) is 0.779. The Hall–Kier alpha value is 0.0800. The van der Waals surface area contributed by atoms with Crippen molar-refractivity contribution in [3.63, 3.8) is 0 Å². The molecule has 2 nitrogen and oxygen atoms in total. The number of amidine groups is 1. The minimum Gasteiger partial charge on any atom is -0.203 e. The molecule has 0 saturated carbocycles. The highest BCUT2D eigenvalue weighted by molar-refractivity contribution is 6.66. The van der Waals surface area contributed by atoms with Crippen molar-refractivity contribution in [2.45, 2.75) is 0 Å². The Bertz CT molecular complexity index is 171. The Balaban J connectivity index is 2.79. The third-order valence-electron chi connectivity index (χ3n) is 0.551. The lowest BCUT2D eigenvalue weighted by Crippen LogP contribution is -1.98. The molecule has 0 aliphatic carbocycles. The average Bonchev–Trinajstić information content (AvgIpc) is 1.85. The number of hydrogen-bond donors (Lipinski definition) is 0. The van der Waals surface area contributed by atoms with Gasteiger partial charge < -0.3 is 0 Å². The molecule has 0 fully saturated rings. The third kappa shape index (κ3) is 1.08. The molecule has 8 heavy (non-hydrogen) atoms. The molecule has 0 amide bonds. The van der Waals surface area contributed by atoms with E-state index in [1.54, 1.807) is 0 Å². The van der Waals surface area contributed by atoms with Crippen LogP contribution in [0.4, 0.5) is 0 Å². The maximum atomic E-state index is 5.34. The van der Waals surface area contributed by atoms with E-state index in [-0.39, 0.29) is 15.6 Å². The minimum atomic E-state index is 0.0833. The standard InChI is InChI=1S/C3Cl3N2/c4-1-2(5)8-3(6)7-1. The zero-order valence-electron chi connectivity index (χ0n) is 3.53. The fourth-order valence-electron chi connectivity index (χ4n) is 0.279. The number of aliphatic imine (C=N–C) groups is 1. The van der Waals surface area contributed by atoms with Gasteiger partial charge in [0.05, 0.1) is 0 Å². The summed E-state index contributed by atoms with van der Waals surface area (Å²) in [5.74, 6) is 0. The van der Waals surface area contributed by atoms with E-state index in [0.29, 0.717) is 0 Å². The molecule has 0 unspecified atom stereocenters. The zero-order valence-corrected chi connectivity index (χ0v) is 5.80. The number of nitrogens with zero attached hydrogens (tertiary/aromatic N) is 2. The van der Waals surface area contributed by atoms with Crippen LogP contribution >= 0.6 is 34.8 Å². The van der Waals surface area contributed by atoms with Crippen molar-refractivity contribution in [1.82, 2.24) is 5.32 Å². The Morgan fingerprint density at radius 2 is 1.62 bits per heavy atom. The van der Waals surface area contributed by atoms with Crippen molar-refractivity contribution >= 4 is 40.1 Å². The van der Waals surface area contributed by atoms with Gasteiger partial charge in [-0.25, -0.2) is 10.3 Å². The summed E-state index contributed by atoms with van der Waals surface area (Å²) in [5.41, 5.74) is 0. The summed E-state index contributed by atoms with van der Waals surface area (Å²) in [6, 6.07) is 0. The zero-order chi connectivity index (χ0) is 6.15. The van der Waals surface area contributed by atoms with Crippen LogP contribution in [0.3, 0.4) is 0 Å². The van der Waals surface area contributed by atoms with E-state index < -0.39 is 0 Å². The maximum absolute atomic E-state index is 5.34. The summed E-state index contributed by atoms with van der Waals surface area (Å²) >= 11 is 16.0. The molecule has 1 aliphatic rings. The second-order valence-electron chi connectivity index (χ2n) is 1.07. The quantitative estimate of drug-likeness (QED) is 0.496. The van der Waals surface area contributed by atoms with Crippen LogP contribution in [0.15, 0.2) is 15.3 Å². The molecular formula is C3Cl3N2. The molecule has 1 aliphatic heterocycles. The first-order chi connectivity index (χ1) is 3.70. The van der Waals surface area contributed by atoms with E-state index in [2.05, 4.69) is 10.3 Å². The molecule has 0 aromatic heterocycles. The van der Waals surface area contributed by atoms with Gasteiger partial charge in [-0.1, -0.05) is 23.2 Å². The topological polar surface area (TPSA) is 26.5 Å². The van der Waals surface area contributed by atoms with Crippen molar-refractivity contribution < 1.29 is 0 Å². The highest BCUT2D eigenvalue weighted by Gasteiger charge is 2.12. The molecule has 0 atom stereocenters. The molecule has 1 heterocycles. The first kappa shape index (κ1) is 6.20. The van der Waals surface area contributed by atoms with Crippen LogP contribution in [0.5, 0.6) is 0 Å². The van der Waals surface area contributed by atoms with Crippen molar-refractivity contribution in [2.75, 3.05) is 0 Å². The predicted octanol–water partition coefficient (Wildman–Crippen LogP) is 1.80. The third-order valence-corrected chi connectivity index (χ3v) is 1.34. The SMILES string of the molecule is ClC1=NC(Cl)=C(Cl)[N]1. The molecule has 1 rings (SSSR count). The molecule has 0 aromatic carbocycles. The summed E-state index contributed by atoms with van der Waals surface area (Å²) in [6.07, 6.45) is 0. The molecule has 0 aromatic rings. The fraction of sp³-hybridized carbons (Fsp3) is 0. The van der Waals surface area contributed by atoms with Gasteiger partial charge in [0, 0.05) is 0 Å². The lowest BCUT2D eigenvalue weighted by atomic mass is 10.9. The summed E-state index contributed by atoms with van der Waals surface area (Å²) in [6.45, 7) is 0. The summed E-state index contributed by atoms with van der Waals surface area (Å²) < 4.78 is 0. The molecule has 0 N–H and O–H groups in total. The molecule has 0 bridgehead atoms. The summed E-state index contributed by atoms with van der Waals surface area (Å²) in [7, 11) is 0. The van der Waals surface area contributed by atoms with Crippen LogP contribution in [0.1, 0.15) is 0 Å². The maximum Gasteiger partial charge on any atom is 0.225 e. The molecule has 43 valence electrons.